The number of rotatable bonds is 9. The van der Waals surface area contributed by atoms with Crippen molar-refractivity contribution in [3.63, 3.8) is 0 Å². The number of nitrogens with zero attached hydrogens (tertiary/aromatic N) is 3. The molecule has 0 saturated carbocycles. The Morgan fingerprint density at radius 3 is 2.74 bits per heavy atom. The lowest BCUT2D eigenvalue weighted by atomic mass is 10.1. The molecule has 0 bridgehead atoms. The van der Waals surface area contributed by atoms with Crippen molar-refractivity contribution in [3.8, 4) is 34.3 Å². The van der Waals surface area contributed by atoms with Gasteiger partial charge in [0.1, 0.15) is 18.1 Å². The molecule has 1 fully saturated rings. The van der Waals surface area contributed by atoms with Gasteiger partial charge in [0.15, 0.2) is 18.1 Å². The van der Waals surface area contributed by atoms with E-state index in [1.807, 2.05) is 31.3 Å². The fraction of sp³-hybridized carbons (Fsp3) is 0.360. The van der Waals surface area contributed by atoms with Gasteiger partial charge in [-0.15, -0.1) is 0 Å². The standard InChI is InChI=1S/C25H28N4O5/c1-28-21(8-9-26-28)20-14-18(4-6-22(20)31-13-12-29-10-2-3-11-29)27-25(30)16-32-19-5-7-23-24(15-19)34-17-33-23/h4-9,14-15H,2-3,10-13,16-17H2,1H3,(H,27,30). The first-order valence-corrected chi connectivity index (χ1v) is 11.5. The van der Waals surface area contributed by atoms with Crippen molar-refractivity contribution in [2.75, 3.05) is 45.0 Å². The molecule has 0 spiro atoms. The molecule has 2 aromatic carbocycles. The van der Waals surface area contributed by atoms with Gasteiger partial charge in [-0.1, -0.05) is 0 Å². The van der Waals surface area contributed by atoms with E-state index in [2.05, 4.69) is 15.3 Å². The zero-order chi connectivity index (χ0) is 23.3. The SMILES string of the molecule is Cn1nccc1-c1cc(NC(=O)COc2ccc3c(c2)OCO3)ccc1OCCN1CCCC1. The van der Waals surface area contributed by atoms with Gasteiger partial charge < -0.3 is 24.3 Å². The highest BCUT2D eigenvalue weighted by Gasteiger charge is 2.16. The molecule has 34 heavy (non-hydrogen) atoms. The van der Waals surface area contributed by atoms with Gasteiger partial charge in [-0.3, -0.25) is 14.4 Å². The molecule has 1 saturated heterocycles. The van der Waals surface area contributed by atoms with E-state index in [-0.39, 0.29) is 19.3 Å². The number of carbonyl (C=O) groups excluding carboxylic acids is 1. The number of likely N-dealkylation sites (tertiary alicyclic amines) is 1. The number of aryl methyl sites for hydroxylation is 1. The van der Waals surface area contributed by atoms with Gasteiger partial charge in [0.05, 0.1) is 5.69 Å². The first-order chi connectivity index (χ1) is 16.7. The summed E-state index contributed by atoms with van der Waals surface area (Å²) in [7, 11) is 1.88. The Hall–Kier alpha value is -3.72. The molecule has 178 valence electrons. The van der Waals surface area contributed by atoms with Crippen molar-refractivity contribution in [2.45, 2.75) is 12.8 Å². The predicted octanol–water partition coefficient (Wildman–Crippen LogP) is 3.31. The maximum absolute atomic E-state index is 12.5. The number of amides is 1. The Morgan fingerprint density at radius 1 is 1.06 bits per heavy atom. The van der Waals surface area contributed by atoms with Crippen LogP contribution >= 0.6 is 0 Å². The van der Waals surface area contributed by atoms with Crippen LogP contribution in [-0.4, -0.2) is 60.2 Å². The summed E-state index contributed by atoms with van der Waals surface area (Å²) >= 11 is 0. The van der Waals surface area contributed by atoms with Crippen molar-refractivity contribution >= 4 is 11.6 Å². The Labute approximate surface area is 198 Å². The average Bonchev–Trinajstić information content (AvgIpc) is 3.60. The zero-order valence-corrected chi connectivity index (χ0v) is 19.2. The van der Waals surface area contributed by atoms with Crippen LogP contribution in [0.5, 0.6) is 23.0 Å². The van der Waals surface area contributed by atoms with Gasteiger partial charge in [-0.25, -0.2) is 0 Å². The molecule has 9 nitrogen and oxygen atoms in total. The fourth-order valence-corrected chi connectivity index (χ4v) is 4.18. The van der Waals surface area contributed by atoms with Gasteiger partial charge >= 0.3 is 0 Å². The molecule has 2 aliphatic rings. The van der Waals surface area contributed by atoms with E-state index in [9.17, 15) is 4.79 Å². The van der Waals surface area contributed by atoms with Crippen LogP contribution < -0.4 is 24.3 Å². The second-order valence-corrected chi connectivity index (χ2v) is 8.30. The summed E-state index contributed by atoms with van der Waals surface area (Å²) in [5.41, 5.74) is 2.43. The maximum atomic E-state index is 12.5. The summed E-state index contributed by atoms with van der Waals surface area (Å²) < 4.78 is 24.2. The summed E-state index contributed by atoms with van der Waals surface area (Å²) in [6, 6.07) is 12.8. The first-order valence-electron chi connectivity index (χ1n) is 11.5. The number of ether oxygens (including phenoxy) is 4. The van der Waals surface area contributed by atoms with Crippen LogP contribution in [0, 0.1) is 0 Å². The molecule has 2 aliphatic heterocycles. The van der Waals surface area contributed by atoms with Crippen molar-refractivity contribution < 1.29 is 23.7 Å². The van der Waals surface area contributed by atoms with Crippen molar-refractivity contribution in [1.82, 2.24) is 14.7 Å². The Morgan fingerprint density at radius 2 is 1.91 bits per heavy atom. The number of hydrogen-bond acceptors (Lipinski definition) is 7. The predicted molar refractivity (Wildman–Crippen MR) is 127 cm³/mol. The van der Waals surface area contributed by atoms with Gasteiger partial charge in [0, 0.05) is 37.1 Å². The van der Waals surface area contributed by atoms with Crippen LogP contribution in [-0.2, 0) is 11.8 Å². The van der Waals surface area contributed by atoms with E-state index in [1.165, 1.54) is 12.8 Å². The molecule has 9 heteroatoms. The van der Waals surface area contributed by atoms with E-state index in [0.717, 1.165) is 36.6 Å². The third kappa shape index (κ3) is 5.09. The van der Waals surface area contributed by atoms with Crippen LogP contribution in [0.4, 0.5) is 5.69 Å². The molecular formula is C25H28N4O5. The number of nitrogens with one attached hydrogen (secondary N) is 1. The quantitative estimate of drug-likeness (QED) is 0.520. The van der Waals surface area contributed by atoms with Crippen molar-refractivity contribution in [3.05, 3.63) is 48.7 Å². The second-order valence-electron chi connectivity index (χ2n) is 8.30. The van der Waals surface area contributed by atoms with Crippen LogP contribution in [0.1, 0.15) is 12.8 Å². The highest BCUT2D eigenvalue weighted by atomic mass is 16.7. The Balaban J connectivity index is 1.24. The first kappa shape index (κ1) is 22.1. The third-order valence-electron chi connectivity index (χ3n) is 5.94. The summed E-state index contributed by atoms with van der Waals surface area (Å²) in [6.45, 7) is 3.85. The zero-order valence-electron chi connectivity index (χ0n) is 19.2. The molecule has 5 rings (SSSR count). The van der Waals surface area contributed by atoms with Crippen LogP contribution in [0.15, 0.2) is 48.7 Å². The van der Waals surface area contributed by atoms with E-state index in [0.29, 0.717) is 29.5 Å². The highest BCUT2D eigenvalue weighted by Crippen LogP contribution is 2.35. The number of carbonyl (C=O) groups is 1. The summed E-state index contributed by atoms with van der Waals surface area (Å²) in [5, 5.41) is 7.18. The summed E-state index contributed by atoms with van der Waals surface area (Å²) in [5.74, 6) is 2.31. The lowest BCUT2D eigenvalue weighted by Gasteiger charge is -2.17. The van der Waals surface area contributed by atoms with E-state index in [4.69, 9.17) is 18.9 Å². The van der Waals surface area contributed by atoms with E-state index < -0.39 is 0 Å². The smallest absolute Gasteiger partial charge is 0.262 e. The lowest BCUT2D eigenvalue weighted by molar-refractivity contribution is -0.118. The lowest BCUT2D eigenvalue weighted by Crippen LogP contribution is -2.25. The van der Waals surface area contributed by atoms with Gasteiger partial charge in [0.25, 0.3) is 5.91 Å². The molecule has 0 radical (unpaired) electrons. The molecule has 1 N–H and O–H groups in total. The maximum Gasteiger partial charge on any atom is 0.262 e. The van der Waals surface area contributed by atoms with Gasteiger partial charge in [-0.05, 0) is 62.3 Å². The van der Waals surface area contributed by atoms with Crippen LogP contribution in [0.3, 0.4) is 0 Å². The molecule has 3 heterocycles. The number of hydrogen-bond donors (Lipinski definition) is 1. The second kappa shape index (κ2) is 10.0. The minimum absolute atomic E-state index is 0.130. The van der Waals surface area contributed by atoms with Crippen molar-refractivity contribution in [2.24, 2.45) is 7.05 Å². The third-order valence-corrected chi connectivity index (χ3v) is 5.94. The molecule has 3 aromatic rings. The van der Waals surface area contributed by atoms with Crippen LogP contribution in [0.25, 0.3) is 11.3 Å². The molecular weight excluding hydrogens is 436 g/mol. The minimum Gasteiger partial charge on any atom is -0.492 e. The topological polar surface area (TPSA) is 87.1 Å². The minimum atomic E-state index is -0.267. The molecule has 1 aromatic heterocycles. The normalized spacial score (nSPS) is 14.9. The Kier molecular flexibility index (Phi) is 6.53. The number of anilines is 1. The number of fused-ring (bicyclic) bond motifs is 1. The van der Waals surface area contributed by atoms with Crippen molar-refractivity contribution in [1.29, 1.82) is 0 Å². The summed E-state index contributed by atoms with van der Waals surface area (Å²) in [4.78, 5) is 15.0. The van der Waals surface area contributed by atoms with Gasteiger partial charge in [-0.2, -0.15) is 5.10 Å². The Bertz CT molecular complexity index is 1160. The molecule has 0 unspecified atom stereocenters. The van der Waals surface area contributed by atoms with Crippen LogP contribution in [0.2, 0.25) is 0 Å². The highest BCUT2D eigenvalue weighted by molar-refractivity contribution is 5.93. The fourth-order valence-electron chi connectivity index (χ4n) is 4.18. The van der Waals surface area contributed by atoms with E-state index in [1.54, 1.807) is 29.1 Å². The molecule has 0 atom stereocenters. The monoisotopic (exact) mass is 464 g/mol. The van der Waals surface area contributed by atoms with E-state index >= 15 is 0 Å². The number of aromatic nitrogens is 2. The molecule has 0 aliphatic carbocycles. The number of benzene rings is 2. The largest absolute Gasteiger partial charge is 0.492 e. The molecule has 1 amide bonds. The average molecular weight is 465 g/mol. The summed E-state index contributed by atoms with van der Waals surface area (Å²) in [6.07, 6.45) is 4.26. The van der Waals surface area contributed by atoms with Gasteiger partial charge in [0.2, 0.25) is 6.79 Å².